The summed E-state index contributed by atoms with van der Waals surface area (Å²) in [5.74, 6) is 0.755. The number of H-pyrrole nitrogens is 1. The van der Waals surface area contributed by atoms with Crippen LogP contribution in [0.5, 0.6) is 0 Å². The molecule has 1 nitrogen and oxygen atoms in total. The molecular formula is C15H19N. The number of hydrogen-bond acceptors (Lipinski definition) is 0. The first kappa shape index (κ1) is 9.95. The van der Waals surface area contributed by atoms with Gasteiger partial charge in [-0.2, -0.15) is 0 Å². The van der Waals surface area contributed by atoms with Gasteiger partial charge in [-0.1, -0.05) is 31.5 Å². The normalized spacial score (nSPS) is 20.7. The van der Waals surface area contributed by atoms with Crippen molar-refractivity contribution in [3.05, 3.63) is 35.5 Å². The molecule has 1 N–H and O–H groups in total. The molecule has 16 heavy (non-hydrogen) atoms. The molecule has 3 rings (SSSR count). The Morgan fingerprint density at radius 3 is 3.00 bits per heavy atom. The smallest absolute Gasteiger partial charge is 0.0459 e. The number of aromatic amines is 1. The molecule has 1 aliphatic carbocycles. The summed E-state index contributed by atoms with van der Waals surface area (Å²) in [6, 6.07) is 8.75. The van der Waals surface area contributed by atoms with Gasteiger partial charge in [0, 0.05) is 16.6 Å². The van der Waals surface area contributed by atoms with Crippen molar-refractivity contribution in [2.45, 2.75) is 44.9 Å². The Labute approximate surface area is 96.9 Å². The zero-order valence-corrected chi connectivity index (χ0v) is 9.92. The van der Waals surface area contributed by atoms with Crippen molar-refractivity contribution in [2.24, 2.45) is 0 Å². The van der Waals surface area contributed by atoms with Gasteiger partial charge in [0.15, 0.2) is 0 Å². The van der Waals surface area contributed by atoms with Crippen molar-refractivity contribution in [3.63, 3.8) is 0 Å². The number of fused-ring (bicyclic) bond motifs is 3. The molecule has 1 aromatic carbocycles. The van der Waals surface area contributed by atoms with E-state index >= 15 is 0 Å². The molecule has 0 saturated carbocycles. The van der Waals surface area contributed by atoms with Crippen LogP contribution in [0.2, 0.25) is 0 Å². The van der Waals surface area contributed by atoms with E-state index in [0.29, 0.717) is 0 Å². The van der Waals surface area contributed by atoms with Crippen LogP contribution in [0.15, 0.2) is 24.3 Å². The Balaban J connectivity index is 2.21. The van der Waals surface area contributed by atoms with Crippen LogP contribution >= 0.6 is 0 Å². The number of hydrogen-bond donors (Lipinski definition) is 1. The van der Waals surface area contributed by atoms with Crippen molar-refractivity contribution >= 4 is 10.9 Å². The number of nitrogens with one attached hydrogen (secondary N) is 1. The van der Waals surface area contributed by atoms with Gasteiger partial charge in [-0.05, 0) is 43.2 Å². The molecule has 0 spiro atoms. The fraction of sp³-hybridized carbons (Fsp3) is 0.467. The Kier molecular flexibility index (Phi) is 2.47. The molecule has 0 saturated heterocycles. The van der Waals surface area contributed by atoms with E-state index in [1.165, 1.54) is 48.7 Å². The van der Waals surface area contributed by atoms with Gasteiger partial charge in [0.2, 0.25) is 0 Å². The van der Waals surface area contributed by atoms with Crippen molar-refractivity contribution in [2.75, 3.05) is 0 Å². The minimum absolute atomic E-state index is 0.755. The van der Waals surface area contributed by atoms with E-state index in [9.17, 15) is 0 Å². The Morgan fingerprint density at radius 1 is 1.25 bits per heavy atom. The molecular weight excluding hydrogens is 194 g/mol. The Morgan fingerprint density at radius 2 is 2.12 bits per heavy atom. The van der Waals surface area contributed by atoms with Crippen LogP contribution < -0.4 is 0 Å². The molecule has 0 fully saturated rings. The predicted molar refractivity (Wildman–Crippen MR) is 68.9 cm³/mol. The molecule has 1 aliphatic rings. The topological polar surface area (TPSA) is 15.8 Å². The van der Waals surface area contributed by atoms with Crippen LogP contribution in [0.1, 0.15) is 49.8 Å². The van der Waals surface area contributed by atoms with Gasteiger partial charge < -0.3 is 4.98 Å². The zero-order chi connectivity index (χ0) is 11.0. The number of para-hydroxylation sites is 1. The van der Waals surface area contributed by atoms with Crippen molar-refractivity contribution in [1.29, 1.82) is 0 Å². The van der Waals surface area contributed by atoms with Gasteiger partial charge in [-0.3, -0.25) is 0 Å². The average Bonchev–Trinajstić information content (AvgIpc) is 2.56. The van der Waals surface area contributed by atoms with Gasteiger partial charge in [0.25, 0.3) is 0 Å². The summed E-state index contributed by atoms with van der Waals surface area (Å²) in [7, 11) is 0. The highest BCUT2D eigenvalue weighted by Gasteiger charge is 2.20. The SMILES string of the molecule is CCC1CCCCc2c1[nH]c1ccccc21. The summed E-state index contributed by atoms with van der Waals surface area (Å²) in [5.41, 5.74) is 4.45. The van der Waals surface area contributed by atoms with E-state index < -0.39 is 0 Å². The van der Waals surface area contributed by atoms with Crippen LogP contribution in [0.4, 0.5) is 0 Å². The van der Waals surface area contributed by atoms with Gasteiger partial charge >= 0.3 is 0 Å². The first-order chi connectivity index (χ1) is 7.90. The van der Waals surface area contributed by atoms with E-state index in [2.05, 4.69) is 36.2 Å². The fourth-order valence-electron chi connectivity index (χ4n) is 3.08. The van der Waals surface area contributed by atoms with Crippen LogP contribution in [-0.2, 0) is 6.42 Å². The molecule has 0 aliphatic heterocycles. The minimum atomic E-state index is 0.755. The lowest BCUT2D eigenvalue weighted by molar-refractivity contribution is 0.572. The van der Waals surface area contributed by atoms with E-state index in [1.807, 2.05) is 0 Å². The van der Waals surface area contributed by atoms with E-state index in [0.717, 1.165) is 5.92 Å². The molecule has 1 atom stereocenters. The highest BCUT2D eigenvalue weighted by Crippen LogP contribution is 2.36. The average molecular weight is 213 g/mol. The first-order valence-electron chi connectivity index (χ1n) is 6.49. The molecule has 1 aromatic heterocycles. The third-order valence-corrected chi connectivity index (χ3v) is 3.98. The standard InChI is InChI=1S/C15H19N/c1-2-11-7-3-4-9-13-12-8-5-6-10-14(12)16-15(11)13/h5-6,8,10-11,16H,2-4,7,9H2,1H3. The van der Waals surface area contributed by atoms with Gasteiger partial charge in [0.05, 0.1) is 0 Å². The second-order valence-corrected chi connectivity index (χ2v) is 4.91. The summed E-state index contributed by atoms with van der Waals surface area (Å²) in [6.07, 6.45) is 6.62. The predicted octanol–water partition coefficient (Wildman–Crippen LogP) is 4.39. The quantitative estimate of drug-likeness (QED) is 0.676. The first-order valence-corrected chi connectivity index (χ1v) is 6.49. The van der Waals surface area contributed by atoms with Crippen LogP contribution in [0, 0.1) is 0 Å². The second-order valence-electron chi connectivity index (χ2n) is 4.91. The van der Waals surface area contributed by atoms with E-state index in [1.54, 1.807) is 5.56 Å². The molecule has 0 amide bonds. The number of benzene rings is 1. The fourth-order valence-corrected chi connectivity index (χ4v) is 3.08. The monoisotopic (exact) mass is 213 g/mol. The molecule has 2 aromatic rings. The molecule has 0 bridgehead atoms. The lowest BCUT2D eigenvalue weighted by atomic mass is 9.96. The maximum absolute atomic E-state index is 3.66. The lowest BCUT2D eigenvalue weighted by Crippen LogP contribution is -1.97. The summed E-state index contributed by atoms with van der Waals surface area (Å²) in [4.78, 5) is 3.66. The van der Waals surface area contributed by atoms with Crippen molar-refractivity contribution in [1.82, 2.24) is 4.98 Å². The maximum atomic E-state index is 3.66. The second kappa shape index (κ2) is 3.97. The maximum Gasteiger partial charge on any atom is 0.0459 e. The molecule has 1 heterocycles. The Hall–Kier alpha value is -1.24. The number of rotatable bonds is 1. The van der Waals surface area contributed by atoms with Crippen LogP contribution in [0.25, 0.3) is 10.9 Å². The van der Waals surface area contributed by atoms with Crippen molar-refractivity contribution < 1.29 is 0 Å². The lowest BCUT2D eigenvalue weighted by Gasteiger charge is -2.11. The molecule has 84 valence electrons. The highest BCUT2D eigenvalue weighted by atomic mass is 14.7. The zero-order valence-electron chi connectivity index (χ0n) is 9.92. The van der Waals surface area contributed by atoms with Crippen molar-refractivity contribution in [3.8, 4) is 0 Å². The summed E-state index contributed by atoms with van der Waals surface area (Å²) >= 11 is 0. The van der Waals surface area contributed by atoms with Crippen LogP contribution in [0.3, 0.4) is 0 Å². The Bertz CT molecular complexity index is 495. The van der Waals surface area contributed by atoms with E-state index in [-0.39, 0.29) is 0 Å². The molecule has 0 radical (unpaired) electrons. The molecule has 1 heteroatoms. The highest BCUT2D eigenvalue weighted by molar-refractivity contribution is 5.84. The van der Waals surface area contributed by atoms with Gasteiger partial charge in [-0.25, -0.2) is 0 Å². The largest absolute Gasteiger partial charge is 0.358 e. The number of aryl methyl sites for hydroxylation is 1. The third kappa shape index (κ3) is 1.46. The minimum Gasteiger partial charge on any atom is -0.358 e. The van der Waals surface area contributed by atoms with Crippen LogP contribution in [-0.4, -0.2) is 4.98 Å². The summed E-state index contributed by atoms with van der Waals surface area (Å²) in [5, 5.41) is 1.46. The van der Waals surface area contributed by atoms with E-state index in [4.69, 9.17) is 0 Å². The molecule has 1 unspecified atom stereocenters. The summed E-state index contributed by atoms with van der Waals surface area (Å²) < 4.78 is 0. The summed E-state index contributed by atoms with van der Waals surface area (Å²) in [6.45, 7) is 2.31. The van der Waals surface area contributed by atoms with Gasteiger partial charge in [0.1, 0.15) is 0 Å². The third-order valence-electron chi connectivity index (χ3n) is 3.98. The number of aromatic nitrogens is 1. The van der Waals surface area contributed by atoms with Gasteiger partial charge in [-0.15, -0.1) is 0 Å².